The van der Waals surface area contributed by atoms with E-state index in [1.807, 2.05) is 30.3 Å². The van der Waals surface area contributed by atoms with Gasteiger partial charge in [-0.1, -0.05) is 109 Å². The first-order chi connectivity index (χ1) is 20.0. The molecule has 0 unspecified atom stereocenters. The van der Waals surface area contributed by atoms with Crippen molar-refractivity contribution in [3.63, 3.8) is 0 Å². The van der Waals surface area contributed by atoms with Crippen molar-refractivity contribution in [3.8, 4) is 11.5 Å². The van der Waals surface area contributed by atoms with Crippen LogP contribution in [0.1, 0.15) is 120 Å². The zero-order valence-electron chi connectivity index (χ0n) is 26.3. The van der Waals surface area contributed by atoms with Gasteiger partial charge in [-0.05, 0) is 104 Å². The van der Waals surface area contributed by atoms with Crippen molar-refractivity contribution in [3.05, 3.63) is 88.5 Å². The Morgan fingerprint density at radius 1 is 0.488 bits per heavy atom. The lowest BCUT2D eigenvalue weighted by Crippen LogP contribution is -2.20. The summed E-state index contributed by atoms with van der Waals surface area (Å²) in [5.41, 5.74) is 6.01. The summed E-state index contributed by atoms with van der Waals surface area (Å²) >= 11 is 0. The topological polar surface area (TPSA) is 35.5 Å². The van der Waals surface area contributed by atoms with Crippen LogP contribution in [0.25, 0.3) is 0 Å². The largest absolute Gasteiger partial charge is 0.463 e. The molecule has 3 nitrogen and oxygen atoms in total. The molecule has 0 saturated heterocycles. The third-order valence-corrected chi connectivity index (χ3v) is 9.76. The van der Waals surface area contributed by atoms with Gasteiger partial charge in [0.15, 0.2) is 0 Å². The minimum absolute atomic E-state index is 0.683. The van der Waals surface area contributed by atoms with Gasteiger partial charge in [0.25, 0.3) is 0 Å². The molecular formula is C37H53O3P. The van der Waals surface area contributed by atoms with Gasteiger partial charge in [0.1, 0.15) is 11.5 Å². The number of aryl methyl sites for hydroxylation is 3. The zero-order valence-corrected chi connectivity index (χ0v) is 27.2. The Morgan fingerprint density at radius 2 is 0.927 bits per heavy atom. The Bertz CT molecular complexity index is 1180. The molecule has 41 heavy (non-hydrogen) atoms. The molecule has 224 valence electrons. The lowest BCUT2D eigenvalue weighted by molar-refractivity contribution is 0.394. The molecule has 0 amide bonds. The second kappa shape index (κ2) is 17.4. The fourth-order valence-corrected chi connectivity index (χ4v) is 7.41. The Balaban J connectivity index is 2.17. The lowest BCUT2D eigenvalue weighted by Gasteiger charge is -2.26. The molecule has 0 spiro atoms. The van der Waals surface area contributed by atoms with Gasteiger partial charge in [0, 0.05) is 0 Å². The monoisotopic (exact) mass is 576 g/mol. The number of hydrogen-bond acceptors (Lipinski definition) is 3. The van der Waals surface area contributed by atoms with Gasteiger partial charge in [0.05, 0.1) is 5.30 Å². The predicted octanol–water partition coefficient (Wildman–Crippen LogP) is 11.0. The summed E-state index contributed by atoms with van der Waals surface area (Å²) < 4.78 is 28.8. The molecule has 0 bridgehead atoms. The molecule has 0 N–H and O–H groups in total. The highest BCUT2D eigenvalue weighted by Crippen LogP contribution is 2.51. The molecule has 0 radical (unpaired) electrons. The molecule has 4 heteroatoms. The first kappa shape index (κ1) is 33.0. The van der Waals surface area contributed by atoms with Gasteiger partial charge in [-0.2, -0.15) is 0 Å². The van der Waals surface area contributed by atoms with Gasteiger partial charge < -0.3 is 9.05 Å². The summed E-state index contributed by atoms with van der Waals surface area (Å²) in [5, 5.41) is 0.683. The zero-order chi connectivity index (χ0) is 29.5. The second-order valence-corrected chi connectivity index (χ2v) is 13.1. The van der Waals surface area contributed by atoms with Gasteiger partial charge in [-0.25, -0.2) is 4.57 Å². The summed E-state index contributed by atoms with van der Waals surface area (Å²) in [6.45, 7) is 11.0. The van der Waals surface area contributed by atoms with E-state index in [0.717, 1.165) is 95.5 Å². The van der Waals surface area contributed by atoms with E-state index >= 15 is 4.57 Å². The van der Waals surface area contributed by atoms with Crippen molar-refractivity contribution in [1.29, 1.82) is 0 Å². The molecule has 0 atom stereocenters. The predicted molar refractivity (Wildman–Crippen MR) is 176 cm³/mol. The van der Waals surface area contributed by atoms with Crippen LogP contribution in [0.5, 0.6) is 11.5 Å². The molecule has 3 rings (SSSR count). The maximum absolute atomic E-state index is 15.3. The van der Waals surface area contributed by atoms with E-state index in [1.54, 1.807) is 0 Å². The number of hydrogen-bond donors (Lipinski definition) is 0. The summed E-state index contributed by atoms with van der Waals surface area (Å²) in [6, 6.07) is 20.5. The first-order valence-electron chi connectivity index (χ1n) is 16.3. The fourth-order valence-electron chi connectivity index (χ4n) is 5.51. The highest BCUT2D eigenvalue weighted by atomic mass is 31.2. The van der Waals surface area contributed by atoms with Crippen molar-refractivity contribution in [2.24, 2.45) is 0 Å². The van der Waals surface area contributed by atoms with Crippen molar-refractivity contribution >= 4 is 12.9 Å². The molecular weight excluding hydrogens is 523 g/mol. The third-order valence-electron chi connectivity index (χ3n) is 7.86. The maximum Gasteiger partial charge on any atom is 0.463 e. The van der Waals surface area contributed by atoms with Crippen LogP contribution < -0.4 is 14.4 Å². The third kappa shape index (κ3) is 9.24. The van der Waals surface area contributed by atoms with E-state index in [-0.39, 0.29) is 0 Å². The normalized spacial score (nSPS) is 11.5. The average molecular weight is 577 g/mol. The highest BCUT2D eigenvalue weighted by Gasteiger charge is 2.35. The number of rotatable bonds is 19. The van der Waals surface area contributed by atoms with Crippen molar-refractivity contribution < 1.29 is 13.6 Å². The smallest absolute Gasteiger partial charge is 0.413 e. The van der Waals surface area contributed by atoms with Crippen molar-refractivity contribution in [2.75, 3.05) is 0 Å². The van der Waals surface area contributed by atoms with E-state index in [0.29, 0.717) is 16.8 Å². The maximum atomic E-state index is 15.3. The van der Waals surface area contributed by atoms with Gasteiger partial charge >= 0.3 is 7.60 Å². The lowest BCUT2D eigenvalue weighted by atomic mass is 9.97. The fraction of sp³-hybridized carbons (Fsp3) is 0.514. The van der Waals surface area contributed by atoms with Crippen LogP contribution in [-0.4, -0.2) is 0 Å². The van der Waals surface area contributed by atoms with Gasteiger partial charge in [0.2, 0.25) is 0 Å². The summed E-state index contributed by atoms with van der Waals surface area (Å²) in [7, 11) is -3.79. The van der Waals surface area contributed by atoms with Crippen LogP contribution >= 0.6 is 7.60 Å². The van der Waals surface area contributed by atoms with Gasteiger partial charge in [-0.15, -0.1) is 0 Å². The Kier molecular flexibility index (Phi) is 14.0. The van der Waals surface area contributed by atoms with E-state index in [1.165, 1.54) is 22.3 Å². The highest BCUT2D eigenvalue weighted by molar-refractivity contribution is 7.63. The van der Waals surface area contributed by atoms with E-state index < -0.39 is 7.60 Å². The molecule has 0 saturated carbocycles. The van der Waals surface area contributed by atoms with Crippen LogP contribution in [0.15, 0.2) is 60.7 Å². The molecule has 0 aromatic heterocycles. The SMILES string of the molecule is CCCCc1cccc(OP(=O)(Oc2cccc(CCCC)c2CCCC)c2ccccc2CCC)c1CCCC. The van der Waals surface area contributed by atoms with Crippen LogP contribution in [0.2, 0.25) is 0 Å². The Morgan fingerprint density at radius 3 is 1.39 bits per heavy atom. The average Bonchev–Trinajstić information content (AvgIpc) is 2.98. The number of benzene rings is 3. The standard InChI is InChI=1S/C37H53O3P/c1-6-11-20-30-23-17-27-35(33(30)25-13-8-3)39-41(38,37-29-16-15-22-32(37)19-10-5)40-36-28-18-24-31(21-12-7-2)34(36)26-14-9-4/h15-18,22-24,27-29H,6-14,19-21,25-26H2,1-5H3. The van der Waals surface area contributed by atoms with E-state index in [2.05, 4.69) is 65.0 Å². The minimum Gasteiger partial charge on any atom is -0.413 e. The molecule has 0 aliphatic heterocycles. The van der Waals surface area contributed by atoms with E-state index in [4.69, 9.17) is 9.05 Å². The van der Waals surface area contributed by atoms with Crippen molar-refractivity contribution in [2.45, 2.75) is 125 Å². The quantitative estimate of drug-likeness (QED) is 0.133. The molecule has 3 aromatic carbocycles. The van der Waals surface area contributed by atoms with Crippen molar-refractivity contribution in [1.82, 2.24) is 0 Å². The number of unbranched alkanes of at least 4 members (excludes halogenated alkanes) is 4. The van der Waals surface area contributed by atoms with Crippen LogP contribution in [-0.2, 0) is 36.7 Å². The van der Waals surface area contributed by atoms with Crippen LogP contribution in [0, 0.1) is 0 Å². The van der Waals surface area contributed by atoms with Gasteiger partial charge in [-0.3, -0.25) is 0 Å². The van der Waals surface area contributed by atoms with Crippen LogP contribution in [0.4, 0.5) is 0 Å². The molecule has 0 fully saturated rings. The summed E-state index contributed by atoms with van der Waals surface area (Å²) in [6.07, 6.45) is 14.5. The summed E-state index contributed by atoms with van der Waals surface area (Å²) in [4.78, 5) is 0. The Labute approximate surface area is 250 Å². The summed E-state index contributed by atoms with van der Waals surface area (Å²) in [5.74, 6) is 1.41. The Hall–Kier alpha value is -2.51. The molecule has 0 aliphatic carbocycles. The second-order valence-electron chi connectivity index (χ2n) is 11.3. The first-order valence-corrected chi connectivity index (χ1v) is 17.8. The molecule has 0 aliphatic rings. The molecule has 3 aromatic rings. The molecule has 0 heterocycles. The van der Waals surface area contributed by atoms with E-state index in [9.17, 15) is 0 Å². The van der Waals surface area contributed by atoms with Crippen LogP contribution in [0.3, 0.4) is 0 Å². The minimum atomic E-state index is -3.79.